The van der Waals surface area contributed by atoms with Crippen LogP contribution in [0.15, 0.2) is 27.6 Å². The quantitative estimate of drug-likeness (QED) is 0.853. The fraction of sp³-hybridized carbons (Fsp3) is 0.417. The molecule has 112 valence electrons. The number of carbonyl (C=O) groups excluding carboxylic acids is 1. The number of carbonyl (C=O) groups is 1. The molecule has 1 aromatic carbocycles. The topological polar surface area (TPSA) is 89.7 Å². The third-order valence-electron chi connectivity index (χ3n) is 2.73. The molecule has 0 unspecified atom stereocenters. The Bertz CT molecular complexity index is 601. The van der Waals surface area contributed by atoms with E-state index in [2.05, 4.69) is 15.9 Å². The first-order chi connectivity index (χ1) is 9.12. The zero-order valence-electron chi connectivity index (χ0n) is 11.5. The maximum Gasteiger partial charge on any atom is 0.260 e. The largest absolute Gasteiger partial charge is 0.482 e. The molecule has 0 saturated carbocycles. The molecule has 0 aliphatic heterocycles. The van der Waals surface area contributed by atoms with Crippen molar-refractivity contribution in [3.63, 3.8) is 0 Å². The number of likely N-dealkylation sites (N-methyl/N-ethyl adjacent to an activating group) is 1. The second-order valence-corrected chi connectivity index (χ2v) is 6.97. The van der Waals surface area contributed by atoms with Crippen molar-refractivity contribution in [3.8, 4) is 5.75 Å². The van der Waals surface area contributed by atoms with Gasteiger partial charge < -0.3 is 9.64 Å². The van der Waals surface area contributed by atoms with Gasteiger partial charge in [0.1, 0.15) is 10.6 Å². The number of sulfonamides is 1. The second-order valence-electron chi connectivity index (χ2n) is 4.52. The van der Waals surface area contributed by atoms with Crippen LogP contribution in [0.1, 0.15) is 13.8 Å². The lowest BCUT2D eigenvalue weighted by atomic mass is 10.3. The average molecular weight is 365 g/mol. The lowest BCUT2D eigenvalue weighted by Crippen LogP contribution is -2.36. The van der Waals surface area contributed by atoms with E-state index in [1.54, 1.807) is 13.1 Å². The average Bonchev–Trinajstić information content (AvgIpc) is 2.34. The maximum absolute atomic E-state index is 11.8. The van der Waals surface area contributed by atoms with Gasteiger partial charge in [-0.05, 0) is 32.0 Å². The second kappa shape index (κ2) is 6.55. The molecule has 1 rings (SSSR count). The normalized spacial score (nSPS) is 11.5. The van der Waals surface area contributed by atoms with Crippen LogP contribution in [0.4, 0.5) is 0 Å². The first-order valence-corrected chi connectivity index (χ1v) is 8.17. The Balaban J connectivity index is 2.92. The van der Waals surface area contributed by atoms with E-state index in [-0.39, 0.29) is 29.2 Å². The van der Waals surface area contributed by atoms with Crippen molar-refractivity contribution < 1.29 is 17.9 Å². The van der Waals surface area contributed by atoms with E-state index < -0.39 is 10.0 Å². The summed E-state index contributed by atoms with van der Waals surface area (Å²) < 4.78 is 28.8. The van der Waals surface area contributed by atoms with Crippen molar-refractivity contribution in [2.45, 2.75) is 24.8 Å². The molecule has 6 nitrogen and oxygen atoms in total. The molecule has 0 aliphatic carbocycles. The lowest BCUT2D eigenvalue weighted by molar-refractivity contribution is -0.133. The Hall–Kier alpha value is -1.12. The summed E-state index contributed by atoms with van der Waals surface area (Å²) in [5.41, 5.74) is 0. The number of amides is 1. The molecule has 0 aliphatic rings. The van der Waals surface area contributed by atoms with Gasteiger partial charge in [-0.2, -0.15) is 0 Å². The first kappa shape index (κ1) is 16.9. The van der Waals surface area contributed by atoms with Crippen LogP contribution in [0, 0.1) is 0 Å². The molecule has 0 heterocycles. The standard InChI is InChI=1S/C12H17BrN2O4S/c1-8(2)15(3)12(16)7-19-10-5-4-9(13)6-11(10)20(14,17)18/h4-6,8H,7H2,1-3H3,(H2,14,17,18). The van der Waals surface area contributed by atoms with Crippen LogP contribution in [0.25, 0.3) is 0 Å². The van der Waals surface area contributed by atoms with Crippen LogP contribution in [0.5, 0.6) is 5.75 Å². The summed E-state index contributed by atoms with van der Waals surface area (Å²) in [4.78, 5) is 13.1. The molecule has 0 radical (unpaired) electrons. The Labute approximate surface area is 127 Å². The minimum Gasteiger partial charge on any atom is -0.482 e. The molecule has 0 bridgehead atoms. The van der Waals surface area contributed by atoms with Crippen molar-refractivity contribution >= 4 is 31.9 Å². The smallest absolute Gasteiger partial charge is 0.260 e. The fourth-order valence-electron chi connectivity index (χ4n) is 1.35. The fourth-order valence-corrected chi connectivity index (χ4v) is 2.56. The van der Waals surface area contributed by atoms with Crippen LogP contribution in [0.3, 0.4) is 0 Å². The Kier molecular flexibility index (Phi) is 5.55. The Morgan fingerprint density at radius 1 is 1.45 bits per heavy atom. The van der Waals surface area contributed by atoms with E-state index in [1.165, 1.54) is 17.0 Å². The molecular weight excluding hydrogens is 348 g/mol. The summed E-state index contributed by atoms with van der Waals surface area (Å²) >= 11 is 3.16. The van der Waals surface area contributed by atoms with Gasteiger partial charge in [0.15, 0.2) is 6.61 Å². The highest BCUT2D eigenvalue weighted by Gasteiger charge is 2.18. The molecule has 20 heavy (non-hydrogen) atoms. The van der Waals surface area contributed by atoms with E-state index in [4.69, 9.17) is 9.88 Å². The highest BCUT2D eigenvalue weighted by atomic mass is 79.9. The van der Waals surface area contributed by atoms with Crippen LogP contribution >= 0.6 is 15.9 Å². The van der Waals surface area contributed by atoms with Gasteiger partial charge in [-0.15, -0.1) is 0 Å². The van der Waals surface area contributed by atoms with Gasteiger partial charge in [0, 0.05) is 17.6 Å². The number of nitrogens with two attached hydrogens (primary N) is 1. The zero-order chi connectivity index (χ0) is 15.5. The molecule has 0 saturated heterocycles. The number of hydrogen-bond acceptors (Lipinski definition) is 4. The number of benzene rings is 1. The Morgan fingerprint density at radius 3 is 2.55 bits per heavy atom. The summed E-state index contributed by atoms with van der Waals surface area (Å²) in [5, 5.41) is 5.12. The van der Waals surface area contributed by atoms with Gasteiger partial charge in [-0.1, -0.05) is 15.9 Å². The molecule has 1 aromatic rings. The van der Waals surface area contributed by atoms with Crippen molar-refractivity contribution in [2.24, 2.45) is 5.14 Å². The van der Waals surface area contributed by atoms with Crippen LogP contribution < -0.4 is 9.88 Å². The van der Waals surface area contributed by atoms with Gasteiger partial charge in [0.25, 0.3) is 5.91 Å². The number of hydrogen-bond donors (Lipinski definition) is 1. The molecule has 8 heteroatoms. The van der Waals surface area contributed by atoms with Gasteiger partial charge >= 0.3 is 0 Å². The maximum atomic E-state index is 11.8. The summed E-state index contributed by atoms with van der Waals surface area (Å²) in [5.74, 6) is -0.190. The van der Waals surface area contributed by atoms with Crippen LogP contribution in [-0.4, -0.2) is 38.9 Å². The molecule has 0 spiro atoms. The number of nitrogens with zero attached hydrogens (tertiary/aromatic N) is 1. The van der Waals surface area contributed by atoms with Crippen LogP contribution in [-0.2, 0) is 14.8 Å². The van der Waals surface area contributed by atoms with Gasteiger partial charge in [0.2, 0.25) is 10.0 Å². The van der Waals surface area contributed by atoms with Gasteiger partial charge in [-0.3, -0.25) is 4.79 Å². The van der Waals surface area contributed by atoms with E-state index in [9.17, 15) is 13.2 Å². The minimum absolute atomic E-state index is 0.0359. The summed E-state index contributed by atoms with van der Waals surface area (Å²) in [6, 6.07) is 4.43. The van der Waals surface area contributed by atoms with E-state index in [0.29, 0.717) is 4.47 Å². The monoisotopic (exact) mass is 364 g/mol. The number of ether oxygens (including phenoxy) is 1. The number of primary sulfonamides is 1. The van der Waals surface area contributed by atoms with Crippen molar-refractivity contribution in [1.29, 1.82) is 0 Å². The summed E-state index contributed by atoms with van der Waals surface area (Å²) in [7, 11) is -2.27. The third kappa shape index (κ3) is 4.46. The highest BCUT2D eigenvalue weighted by Crippen LogP contribution is 2.26. The first-order valence-electron chi connectivity index (χ1n) is 5.83. The van der Waals surface area contributed by atoms with E-state index in [0.717, 1.165) is 0 Å². The van der Waals surface area contributed by atoms with Crippen molar-refractivity contribution in [2.75, 3.05) is 13.7 Å². The predicted molar refractivity (Wildman–Crippen MR) is 78.9 cm³/mol. The van der Waals surface area contributed by atoms with Crippen molar-refractivity contribution in [3.05, 3.63) is 22.7 Å². The molecule has 1 amide bonds. The van der Waals surface area contributed by atoms with E-state index in [1.807, 2.05) is 13.8 Å². The Morgan fingerprint density at radius 2 is 2.05 bits per heavy atom. The molecule has 2 N–H and O–H groups in total. The van der Waals surface area contributed by atoms with Crippen LogP contribution in [0.2, 0.25) is 0 Å². The molecule has 0 aromatic heterocycles. The SMILES string of the molecule is CC(C)N(C)C(=O)COc1ccc(Br)cc1S(N)(=O)=O. The minimum atomic E-state index is -3.92. The van der Waals surface area contributed by atoms with Gasteiger partial charge in [0.05, 0.1) is 0 Å². The molecule has 0 fully saturated rings. The lowest BCUT2D eigenvalue weighted by Gasteiger charge is -2.21. The molecule has 0 atom stereocenters. The predicted octanol–water partition coefficient (Wildman–Crippen LogP) is 1.34. The molecular formula is C12H17BrN2O4S. The number of rotatable bonds is 5. The highest BCUT2D eigenvalue weighted by molar-refractivity contribution is 9.10. The zero-order valence-corrected chi connectivity index (χ0v) is 13.9. The van der Waals surface area contributed by atoms with Gasteiger partial charge in [-0.25, -0.2) is 13.6 Å². The van der Waals surface area contributed by atoms with Crippen molar-refractivity contribution in [1.82, 2.24) is 4.90 Å². The summed E-state index contributed by atoms with van der Waals surface area (Å²) in [6.07, 6.45) is 0. The third-order valence-corrected chi connectivity index (χ3v) is 4.16. The van der Waals surface area contributed by atoms with E-state index >= 15 is 0 Å². The summed E-state index contributed by atoms with van der Waals surface area (Å²) in [6.45, 7) is 3.49. The number of halogens is 1.